The molecule has 162 valence electrons. The molecule has 0 radical (unpaired) electrons. The van der Waals surface area contributed by atoms with Crippen molar-refractivity contribution in [1.82, 2.24) is 5.32 Å². The van der Waals surface area contributed by atoms with E-state index in [-0.39, 0.29) is 23.7 Å². The molecule has 2 aromatic rings. The first-order valence-electron chi connectivity index (χ1n) is 11.2. The maximum absolute atomic E-state index is 12.6. The van der Waals surface area contributed by atoms with Gasteiger partial charge in [-0.2, -0.15) is 0 Å². The van der Waals surface area contributed by atoms with E-state index in [1.165, 1.54) is 5.56 Å². The lowest BCUT2D eigenvalue weighted by Crippen LogP contribution is -2.46. The molecule has 1 aliphatic heterocycles. The number of hydrogen-bond donors (Lipinski definition) is 1. The lowest BCUT2D eigenvalue weighted by Gasteiger charge is -2.45. The van der Waals surface area contributed by atoms with Gasteiger partial charge in [0.25, 0.3) is 5.91 Å². The van der Waals surface area contributed by atoms with E-state index in [0.717, 1.165) is 43.2 Å². The van der Waals surface area contributed by atoms with E-state index in [1.807, 2.05) is 37.3 Å². The van der Waals surface area contributed by atoms with E-state index < -0.39 is 0 Å². The monoisotopic (exact) mass is 409 g/mol. The predicted molar refractivity (Wildman–Crippen MR) is 121 cm³/mol. The minimum absolute atomic E-state index is 0.0171. The summed E-state index contributed by atoms with van der Waals surface area (Å²) in [5.41, 5.74) is 2.65. The minimum Gasteiger partial charge on any atom is -0.378 e. The molecular formula is C26H35NO3. The molecule has 0 spiro atoms. The largest absolute Gasteiger partial charge is 0.378 e. The molecule has 0 aliphatic carbocycles. The highest BCUT2D eigenvalue weighted by atomic mass is 16.5. The Morgan fingerprint density at radius 2 is 1.83 bits per heavy atom. The number of amides is 1. The van der Waals surface area contributed by atoms with E-state index in [2.05, 4.69) is 43.4 Å². The Morgan fingerprint density at radius 1 is 1.10 bits per heavy atom. The highest BCUT2D eigenvalue weighted by Gasteiger charge is 2.41. The fourth-order valence-electron chi connectivity index (χ4n) is 4.60. The van der Waals surface area contributed by atoms with E-state index in [0.29, 0.717) is 13.2 Å². The summed E-state index contributed by atoms with van der Waals surface area (Å²) in [5.74, 6) is -0.0171. The van der Waals surface area contributed by atoms with Gasteiger partial charge in [0.1, 0.15) is 0 Å². The van der Waals surface area contributed by atoms with Gasteiger partial charge in [-0.1, -0.05) is 61.9 Å². The predicted octanol–water partition coefficient (Wildman–Crippen LogP) is 5.61. The Bertz CT molecular complexity index is 807. The van der Waals surface area contributed by atoms with Gasteiger partial charge in [-0.3, -0.25) is 4.79 Å². The van der Waals surface area contributed by atoms with E-state index in [1.54, 1.807) is 0 Å². The van der Waals surface area contributed by atoms with Crippen LogP contribution in [0.4, 0.5) is 0 Å². The topological polar surface area (TPSA) is 47.6 Å². The summed E-state index contributed by atoms with van der Waals surface area (Å²) in [6.07, 6.45) is 4.72. The quantitative estimate of drug-likeness (QED) is 0.585. The van der Waals surface area contributed by atoms with Crippen molar-refractivity contribution in [3.05, 3.63) is 71.3 Å². The van der Waals surface area contributed by atoms with Gasteiger partial charge >= 0.3 is 0 Å². The average molecular weight is 410 g/mol. The minimum atomic E-state index is -0.285. The van der Waals surface area contributed by atoms with Crippen molar-refractivity contribution < 1.29 is 14.3 Å². The van der Waals surface area contributed by atoms with E-state index in [9.17, 15) is 4.79 Å². The van der Waals surface area contributed by atoms with Crippen LogP contribution in [0.25, 0.3) is 0 Å². The number of ether oxygens (including phenoxy) is 2. The summed E-state index contributed by atoms with van der Waals surface area (Å²) in [7, 11) is 0. The molecule has 0 aromatic heterocycles. The molecule has 4 nitrogen and oxygen atoms in total. The fraction of sp³-hybridized carbons (Fsp3) is 0.500. The van der Waals surface area contributed by atoms with Crippen molar-refractivity contribution in [3.63, 3.8) is 0 Å². The zero-order valence-corrected chi connectivity index (χ0v) is 18.5. The van der Waals surface area contributed by atoms with E-state index >= 15 is 0 Å². The number of hydrogen-bond acceptors (Lipinski definition) is 3. The third kappa shape index (κ3) is 5.71. The molecule has 3 unspecified atom stereocenters. The third-order valence-corrected chi connectivity index (χ3v) is 6.00. The Morgan fingerprint density at radius 3 is 2.53 bits per heavy atom. The van der Waals surface area contributed by atoms with Gasteiger partial charge in [0.2, 0.25) is 0 Å². The standard InChI is InChI=1S/C26H35NO3/c1-4-15-26(16-17-27-25(28)23-14-10-9-11-20(23)3)19-22(29-5-2)18-24(30-26)21-12-7-6-8-13-21/h6-14,22,24H,4-5,15-19H2,1-3H3,(H,27,28). The molecule has 0 bridgehead atoms. The van der Waals surface area contributed by atoms with Crippen molar-refractivity contribution in [1.29, 1.82) is 0 Å². The summed E-state index contributed by atoms with van der Waals surface area (Å²) in [5, 5.41) is 3.11. The maximum Gasteiger partial charge on any atom is 0.251 e. The maximum atomic E-state index is 12.6. The highest BCUT2D eigenvalue weighted by molar-refractivity contribution is 5.95. The normalized spacial score (nSPS) is 23.8. The number of nitrogens with one attached hydrogen (secondary N) is 1. The van der Waals surface area contributed by atoms with Gasteiger partial charge in [0.15, 0.2) is 0 Å². The molecule has 1 heterocycles. The second kappa shape index (κ2) is 10.7. The summed E-state index contributed by atoms with van der Waals surface area (Å²) in [6, 6.07) is 18.1. The Balaban J connectivity index is 1.71. The summed E-state index contributed by atoms with van der Waals surface area (Å²) >= 11 is 0. The molecule has 1 N–H and O–H groups in total. The molecule has 30 heavy (non-hydrogen) atoms. The van der Waals surface area contributed by atoms with Gasteiger partial charge in [-0.05, 0) is 43.9 Å². The smallest absolute Gasteiger partial charge is 0.251 e. The molecule has 1 fully saturated rings. The summed E-state index contributed by atoms with van der Waals surface area (Å²) in [6.45, 7) is 7.51. The van der Waals surface area contributed by atoms with Gasteiger partial charge in [-0.25, -0.2) is 0 Å². The molecule has 2 aromatic carbocycles. The van der Waals surface area contributed by atoms with Crippen LogP contribution in [0.1, 0.15) is 73.5 Å². The molecule has 4 heteroatoms. The van der Waals surface area contributed by atoms with Gasteiger partial charge in [-0.15, -0.1) is 0 Å². The Labute approximate surface area is 181 Å². The first-order chi connectivity index (χ1) is 14.6. The van der Waals surface area contributed by atoms with Crippen LogP contribution in [-0.4, -0.2) is 30.8 Å². The Hall–Kier alpha value is -2.17. The number of carbonyl (C=O) groups excluding carboxylic acids is 1. The SMILES string of the molecule is CCCC1(CCNC(=O)c2ccccc2C)CC(OCC)CC(c2ccccc2)O1. The fourth-order valence-corrected chi connectivity index (χ4v) is 4.60. The number of benzene rings is 2. The molecule has 3 rings (SSSR count). The van der Waals surface area contributed by atoms with Crippen LogP contribution < -0.4 is 5.32 Å². The molecule has 1 saturated heterocycles. The average Bonchev–Trinajstić information content (AvgIpc) is 2.75. The van der Waals surface area contributed by atoms with Crippen LogP contribution in [0.2, 0.25) is 0 Å². The lowest BCUT2D eigenvalue weighted by molar-refractivity contribution is -0.181. The highest BCUT2D eigenvalue weighted by Crippen LogP contribution is 2.42. The molecule has 1 amide bonds. The third-order valence-electron chi connectivity index (χ3n) is 6.00. The van der Waals surface area contributed by atoms with Crippen LogP contribution in [0.5, 0.6) is 0 Å². The second-order valence-electron chi connectivity index (χ2n) is 8.29. The van der Waals surface area contributed by atoms with E-state index in [4.69, 9.17) is 9.47 Å². The summed E-state index contributed by atoms with van der Waals surface area (Å²) in [4.78, 5) is 12.6. The van der Waals surface area contributed by atoms with Crippen LogP contribution in [0.3, 0.4) is 0 Å². The lowest BCUT2D eigenvalue weighted by atomic mass is 9.82. The van der Waals surface area contributed by atoms with Crippen LogP contribution in [0.15, 0.2) is 54.6 Å². The number of carbonyl (C=O) groups is 1. The summed E-state index contributed by atoms with van der Waals surface area (Å²) < 4.78 is 12.8. The molecular weight excluding hydrogens is 374 g/mol. The van der Waals surface area contributed by atoms with Gasteiger partial charge < -0.3 is 14.8 Å². The first-order valence-corrected chi connectivity index (χ1v) is 11.2. The molecule has 3 atom stereocenters. The Kier molecular flexibility index (Phi) is 8.06. The molecule has 1 aliphatic rings. The van der Waals surface area contributed by atoms with Crippen LogP contribution in [0, 0.1) is 6.92 Å². The number of aryl methyl sites for hydroxylation is 1. The van der Waals surface area contributed by atoms with Crippen molar-refractivity contribution in [2.45, 2.75) is 70.7 Å². The molecule has 0 saturated carbocycles. The van der Waals surface area contributed by atoms with Crippen molar-refractivity contribution >= 4 is 5.91 Å². The van der Waals surface area contributed by atoms with Crippen molar-refractivity contribution in [2.75, 3.05) is 13.2 Å². The number of rotatable bonds is 9. The second-order valence-corrected chi connectivity index (χ2v) is 8.29. The van der Waals surface area contributed by atoms with Crippen LogP contribution >= 0.6 is 0 Å². The van der Waals surface area contributed by atoms with Gasteiger partial charge in [0, 0.05) is 31.6 Å². The zero-order valence-electron chi connectivity index (χ0n) is 18.5. The zero-order chi connectivity index (χ0) is 21.4. The van der Waals surface area contributed by atoms with Gasteiger partial charge in [0.05, 0.1) is 17.8 Å². The van der Waals surface area contributed by atoms with Crippen LogP contribution in [-0.2, 0) is 9.47 Å². The van der Waals surface area contributed by atoms with Crippen molar-refractivity contribution in [2.24, 2.45) is 0 Å². The van der Waals surface area contributed by atoms with Crippen molar-refractivity contribution in [3.8, 4) is 0 Å². The first kappa shape index (κ1) is 22.5.